The highest BCUT2D eigenvalue weighted by Crippen LogP contribution is 2.24. The van der Waals surface area contributed by atoms with Crippen molar-refractivity contribution in [2.45, 2.75) is 0 Å². The van der Waals surface area contributed by atoms with Gasteiger partial charge in [0.15, 0.2) is 0 Å². The lowest BCUT2D eigenvalue weighted by molar-refractivity contribution is 0.103. The van der Waals surface area contributed by atoms with Crippen molar-refractivity contribution in [3.63, 3.8) is 0 Å². The highest BCUT2D eigenvalue weighted by Gasteiger charge is 2.20. The molecule has 0 aliphatic heterocycles. The van der Waals surface area contributed by atoms with Crippen molar-refractivity contribution < 1.29 is 18.4 Å². The molecule has 0 amide bonds. The van der Waals surface area contributed by atoms with Crippen molar-refractivity contribution in [3.8, 4) is 0 Å². The Balaban J connectivity index is 1.92. The Morgan fingerprint density at radius 1 is 0.652 bits per heavy atom. The van der Waals surface area contributed by atoms with Gasteiger partial charge < -0.3 is 0 Å². The molecule has 1 aromatic heterocycles. The number of carbonyl (C=O) groups is 2. The van der Waals surface area contributed by atoms with Crippen molar-refractivity contribution in [3.05, 3.63) is 93.2 Å². The fourth-order valence-electron chi connectivity index (χ4n) is 2.14. The van der Waals surface area contributed by atoms with E-state index in [1.165, 1.54) is 48.5 Å². The topological polar surface area (TPSA) is 34.1 Å². The first-order chi connectivity index (χ1) is 11.1. The molecule has 2 aromatic carbocycles. The number of carbonyl (C=O) groups excluding carboxylic acids is 2. The molecule has 114 valence electrons. The molecule has 0 bridgehead atoms. The van der Waals surface area contributed by atoms with Crippen LogP contribution in [0.1, 0.15) is 30.5 Å². The largest absolute Gasteiger partial charge is 0.288 e. The summed E-state index contributed by atoms with van der Waals surface area (Å²) in [6.07, 6.45) is 0. The van der Waals surface area contributed by atoms with Crippen LogP contribution in [0.15, 0.2) is 60.7 Å². The van der Waals surface area contributed by atoms with Crippen LogP contribution in [0.2, 0.25) is 0 Å². The Kier molecular flexibility index (Phi) is 4.12. The van der Waals surface area contributed by atoms with Crippen molar-refractivity contribution in [2.24, 2.45) is 0 Å². The second-order valence-electron chi connectivity index (χ2n) is 4.78. The molecule has 0 aliphatic rings. The molecule has 0 atom stereocenters. The van der Waals surface area contributed by atoms with Gasteiger partial charge in [-0.2, -0.15) is 0 Å². The van der Waals surface area contributed by atoms with E-state index in [1.54, 1.807) is 12.1 Å². The summed E-state index contributed by atoms with van der Waals surface area (Å²) < 4.78 is 27.4. The van der Waals surface area contributed by atoms with Gasteiger partial charge in [0, 0.05) is 0 Å². The van der Waals surface area contributed by atoms with Gasteiger partial charge in [-0.25, -0.2) is 8.78 Å². The molecule has 2 nitrogen and oxygen atoms in total. The van der Waals surface area contributed by atoms with Crippen LogP contribution in [-0.4, -0.2) is 11.6 Å². The van der Waals surface area contributed by atoms with Gasteiger partial charge in [-0.15, -0.1) is 11.3 Å². The molecule has 1 heterocycles. The van der Waals surface area contributed by atoms with E-state index in [4.69, 9.17) is 0 Å². The van der Waals surface area contributed by atoms with Gasteiger partial charge in [-0.05, 0) is 36.4 Å². The lowest BCUT2D eigenvalue weighted by atomic mass is 10.1. The minimum atomic E-state index is -0.618. The predicted molar refractivity (Wildman–Crippen MR) is 84.0 cm³/mol. The Bertz CT molecular complexity index is 827. The van der Waals surface area contributed by atoms with Crippen LogP contribution >= 0.6 is 11.3 Å². The molecule has 0 aliphatic carbocycles. The fourth-order valence-corrected chi connectivity index (χ4v) is 3.05. The van der Waals surface area contributed by atoms with Crippen LogP contribution in [0.3, 0.4) is 0 Å². The van der Waals surface area contributed by atoms with E-state index in [0.717, 1.165) is 11.3 Å². The van der Waals surface area contributed by atoms with Crippen LogP contribution in [-0.2, 0) is 0 Å². The molecule has 3 aromatic rings. The Hall–Kier alpha value is -2.66. The minimum absolute atomic E-state index is 0.0563. The number of halogens is 2. The van der Waals surface area contributed by atoms with E-state index in [9.17, 15) is 18.4 Å². The summed E-state index contributed by atoms with van der Waals surface area (Å²) in [5.41, 5.74) is -0.113. The third-order valence-electron chi connectivity index (χ3n) is 3.29. The molecule has 0 N–H and O–H groups in total. The molecule has 0 unspecified atom stereocenters. The number of ketones is 2. The van der Waals surface area contributed by atoms with Gasteiger partial charge in [0.1, 0.15) is 11.6 Å². The minimum Gasteiger partial charge on any atom is -0.288 e. The molecule has 0 spiro atoms. The number of benzene rings is 2. The van der Waals surface area contributed by atoms with Gasteiger partial charge in [0.2, 0.25) is 11.6 Å². The zero-order valence-corrected chi connectivity index (χ0v) is 12.6. The van der Waals surface area contributed by atoms with Gasteiger partial charge in [0.05, 0.1) is 20.9 Å². The van der Waals surface area contributed by atoms with Crippen LogP contribution in [0.25, 0.3) is 0 Å². The lowest BCUT2D eigenvalue weighted by Crippen LogP contribution is -2.02. The number of thiophene rings is 1. The zero-order valence-electron chi connectivity index (χ0n) is 11.8. The number of hydrogen-bond acceptors (Lipinski definition) is 3. The summed E-state index contributed by atoms with van der Waals surface area (Å²) in [6, 6.07) is 14.2. The van der Waals surface area contributed by atoms with Crippen molar-refractivity contribution in [2.75, 3.05) is 0 Å². The van der Waals surface area contributed by atoms with E-state index >= 15 is 0 Å². The Morgan fingerprint density at radius 3 is 1.43 bits per heavy atom. The van der Waals surface area contributed by atoms with Crippen molar-refractivity contribution in [1.82, 2.24) is 0 Å². The summed E-state index contributed by atoms with van der Waals surface area (Å²) in [6.45, 7) is 0. The van der Waals surface area contributed by atoms with Crippen molar-refractivity contribution in [1.29, 1.82) is 0 Å². The first-order valence-corrected chi connectivity index (χ1v) is 7.58. The fraction of sp³-hybridized carbons (Fsp3) is 0. The third kappa shape index (κ3) is 2.96. The van der Waals surface area contributed by atoms with Crippen molar-refractivity contribution >= 4 is 22.9 Å². The average molecular weight is 328 g/mol. The number of rotatable bonds is 4. The normalized spacial score (nSPS) is 10.5. The summed E-state index contributed by atoms with van der Waals surface area (Å²) in [5, 5.41) is 0. The lowest BCUT2D eigenvalue weighted by Gasteiger charge is -2.00. The standard InChI is InChI=1S/C18H10F2O2S/c19-13-7-3-1-5-11(13)17(21)15-9-10-16(23-15)18(22)12-6-2-4-8-14(12)20/h1-10H. The summed E-state index contributed by atoms with van der Waals surface area (Å²) in [5.74, 6) is -2.23. The molecule has 0 saturated heterocycles. The summed E-state index contributed by atoms with van der Waals surface area (Å²) in [4.78, 5) is 25.0. The second kappa shape index (κ2) is 6.22. The zero-order chi connectivity index (χ0) is 16.4. The second-order valence-corrected chi connectivity index (χ2v) is 5.87. The molecule has 23 heavy (non-hydrogen) atoms. The van der Waals surface area contributed by atoms with Gasteiger partial charge >= 0.3 is 0 Å². The maximum absolute atomic E-state index is 13.7. The maximum Gasteiger partial charge on any atom is 0.205 e. The third-order valence-corrected chi connectivity index (χ3v) is 4.37. The van der Waals surface area contributed by atoms with Crippen LogP contribution in [0.5, 0.6) is 0 Å². The highest BCUT2D eigenvalue weighted by molar-refractivity contribution is 7.16. The molecule has 3 rings (SSSR count). The molecule has 0 saturated carbocycles. The Morgan fingerprint density at radius 2 is 1.04 bits per heavy atom. The number of hydrogen-bond donors (Lipinski definition) is 0. The molecular formula is C18H10F2O2S. The SMILES string of the molecule is O=C(c1ccc(C(=O)c2ccccc2F)s1)c1ccccc1F. The molecule has 0 radical (unpaired) electrons. The maximum atomic E-state index is 13.7. The van der Waals surface area contributed by atoms with E-state index in [0.29, 0.717) is 0 Å². The van der Waals surface area contributed by atoms with Gasteiger partial charge in [-0.1, -0.05) is 24.3 Å². The van der Waals surface area contributed by atoms with Crippen LogP contribution in [0, 0.1) is 11.6 Å². The quantitative estimate of drug-likeness (QED) is 0.661. The summed E-state index contributed by atoms with van der Waals surface area (Å²) >= 11 is 0.924. The van der Waals surface area contributed by atoms with Gasteiger partial charge in [-0.3, -0.25) is 9.59 Å². The highest BCUT2D eigenvalue weighted by atomic mass is 32.1. The van der Waals surface area contributed by atoms with E-state index in [1.807, 2.05) is 0 Å². The molecule has 5 heteroatoms. The van der Waals surface area contributed by atoms with Crippen LogP contribution in [0.4, 0.5) is 8.78 Å². The Labute approximate surface area is 135 Å². The molecular weight excluding hydrogens is 318 g/mol. The van der Waals surface area contributed by atoms with E-state index < -0.39 is 23.2 Å². The first kappa shape index (κ1) is 15.2. The van der Waals surface area contributed by atoms with E-state index in [2.05, 4.69) is 0 Å². The monoisotopic (exact) mass is 328 g/mol. The summed E-state index contributed by atoms with van der Waals surface area (Å²) in [7, 11) is 0. The van der Waals surface area contributed by atoms with Gasteiger partial charge in [0.25, 0.3) is 0 Å². The predicted octanol–water partition coefficient (Wildman–Crippen LogP) is 4.49. The average Bonchev–Trinajstić information content (AvgIpc) is 3.04. The first-order valence-electron chi connectivity index (χ1n) is 6.76. The van der Waals surface area contributed by atoms with Crippen LogP contribution < -0.4 is 0 Å². The smallest absolute Gasteiger partial charge is 0.205 e. The molecule has 0 fully saturated rings. The van der Waals surface area contributed by atoms with E-state index in [-0.39, 0.29) is 20.9 Å².